The zero-order valence-corrected chi connectivity index (χ0v) is 13.1. The van der Waals surface area contributed by atoms with Gasteiger partial charge >= 0.3 is 0 Å². The number of nitrogens with one attached hydrogen (secondary N) is 1. The summed E-state index contributed by atoms with van der Waals surface area (Å²) in [6.45, 7) is 6.60. The average molecular weight is 314 g/mol. The van der Waals surface area contributed by atoms with E-state index in [0.717, 1.165) is 11.3 Å². The third-order valence-electron chi connectivity index (χ3n) is 2.62. The van der Waals surface area contributed by atoms with Crippen molar-refractivity contribution in [3.63, 3.8) is 0 Å². The summed E-state index contributed by atoms with van der Waals surface area (Å²) in [4.78, 5) is 16.1. The van der Waals surface area contributed by atoms with Gasteiger partial charge in [-0.1, -0.05) is 0 Å². The van der Waals surface area contributed by atoms with E-state index < -0.39 is 15.9 Å². The number of nitrogens with zero attached hydrogens (tertiary/aromatic N) is 1. The van der Waals surface area contributed by atoms with E-state index in [1.54, 1.807) is 27.7 Å². The summed E-state index contributed by atoms with van der Waals surface area (Å²) < 4.78 is 31.7. The number of amides is 1. The molecule has 0 unspecified atom stereocenters. The van der Waals surface area contributed by atoms with Crippen molar-refractivity contribution in [2.45, 2.75) is 31.9 Å². The molecular formula is C12H14N2O4S2. The van der Waals surface area contributed by atoms with Crippen LogP contribution in [0.5, 0.6) is 0 Å². The fraction of sp³-hybridized carbons (Fsp3) is 0.333. The number of carbonyl (C=O) groups excluding carboxylic acids is 1. The third-order valence-corrected chi connectivity index (χ3v) is 5.63. The van der Waals surface area contributed by atoms with Crippen molar-refractivity contribution in [2.75, 3.05) is 0 Å². The van der Waals surface area contributed by atoms with Gasteiger partial charge in [-0.05, 0) is 33.8 Å². The van der Waals surface area contributed by atoms with E-state index in [4.69, 9.17) is 4.42 Å². The predicted molar refractivity (Wildman–Crippen MR) is 74.4 cm³/mol. The minimum absolute atomic E-state index is 0.0567. The summed E-state index contributed by atoms with van der Waals surface area (Å²) in [5.41, 5.74) is 0.595. The number of hydrogen-bond donors (Lipinski definition) is 1. The average Bonchev–Trinajstić information content (AvgIpc) is 2.81. The fourth-order valence-corrected chi connectivity index (χ4v) is 4.29. The Morgan fingerprint density at radius 3 is 2.40 bits per heavy atom. The number of thiazole rings is 1. The lowest BCUT2D eigenvalue weighted by Gasteiger charge is -2.04. The highest BCUT2D eigenvalue weighted by Crippen LogP contribution is 2.23. The van der Waals surface area contributed by atoms with Gasteiger partial charge in [-0.3, -0.25) is 4.79 Å². The van der Waals surface area contributed by atoms with Gasteiger partial charge in [-0.2, -0.15) is 0 Å². The van der Waals surface area contributed by atoms with E-state index in [0.29, 0.717) is 22.2 Å². The summed E-state index contributed by atoms with van der Waals surface area (Å²) in [6.07, 6.45) is 0. The van der Waals surface area contributed by atoms with Gasteiger partial charge < -0.3 is 4.42 Å². The van der Waals surface area contributed by atoms with Gasteiger partial charge in [0.1, 0.15) is 11.5 Å². The normalized spacial score (nSPS) is 11.6. The van der Waals surface area contributed by atoms with E-state index in [9.17, 15) is 13.2 Å². The number of sulfonamides is 1. The molecule has 2 aromatic rings. The summed E-state index contributed by atoms with van der Waals surface area (Å²) in [6, 6.07) is 1.50. The first-order valence-electron chi connectivity index (χ1n) is 5.79. The van der Waals surface area contributed by atoms with Crippen molar-refractivity contribution in [2.24, 2.45) is 0 Å². The molecule has 0 aromatic carbocycles. The lowest BCUT2D eigenvalue weighted by molar-refractivity contribution is 0.0980. The van der Waals surface area contributed by atoms with Crippen LogP contribution in [0.25, 0.3) is 0 Å². The highest BCUT2D eigenvalue weighted by molar-refractivity contribution is 7.92. The molecule has 1 amide bonds. The number of hydrogen-bond acceptors (Lipinski definition) is 6. The second-order valence-corrected chi connectivity index (χ2v) is 7.45. The first-order valence-corrected chi connectivity index (χ1v) is 8.09. The molecule has 0 saturated carbocycles. The molecule has 2 aromatic heterocycles. The molecule has 20 heavy (non-hydrogen) atoms. The first-order chi connectivity index (χ1) is 9.20. The van der Waals surface area contributed by atoms with Crippen molar-refractivity contribution in [3.05, 3.63) is 33.9 Å². The van der Waals surface area contributed by atoms with Gasteiger partial charge in [0.2, 0.25) is 0 Å². The van der Waals surface area contributed by atoms with Gasteiger partial charge in [0, 0.05) is 0 Å². The smallest absolute Gasteiger partial charge is 0.275 e. The molecular weight excluding hydrogens is 300 g/mol. The van der Waals surface area contributed by atoms with Crippen LogP contribution in [0, 0.1) is 27.7 Å². The Labute approximate surface area is 120 Å². The molecule has 8 heteroatoms. The van der Waals surface area contributed by atoms with E-state index >= 15 is 0 Å². The summed E-state index contributed by atoms with van der Waals surface area (Å²) >= 11 is 1.03. The second-order valence-electron chi connectivity index (χ2n) is 4.37. The molecule has 1 N–H and O–H groups in total. The Morgan fingerprint density at radius 2 is 1.95 bits per heavy atom. The van der Waals surface area contributed by atoms with Crippen LogP contribution in [0.2, 0.25) is 0 Å². The quantitative estimate of drug-likeness (QED) is 0.937. The van der Waals surface area contributed by atoms with Crippen LogP contribution in [0.4, 0.5) is 0 Å². The van der Waals surface area contributed by atoms with E-state index in [1.165, 1.54) is 6.07 Å². The van der Waals surface area contributed by atoms with Crippen molar-refractivity contribution < 1.29 is 17.6 Å². The molecule has 6 nitrogen and oxygen atoms in total. The molecule has 0 aliphatic rings. The standard InChI is InChI=1S/C12H14N2O4S2/c1-6-5-10(8(3)18-6)11(15)14-20(16,17)12-7(2)13-9(4)19-12/h5H,1-4H3,(H,14,15). The number of aromatic nitrogens is 1. The molecule has 2 rings (SSSR count). The lowest BCUT2D eigenvalue weighted by atomic mass is 10.2. The lowest BCUT2D eigenvalue weighted by Crippen LogP contribution is -2.30. The Hall–Kier alpha value is -1.67. The van der Waals surface area contributed by atoms with E-state index in [1.807, 2.05) is 4.72 Å². The molecule has 0 spiro atoms. The van der Waals surface area contributed by atoms with Gasteiger partial charge in [-0.15, -0.1) is 11.3 Å². The maximum atomic E-state index is 12.2. The third kappa shape index (κ3) is 2.75. The van der Waals surface area contributed by atoms with Crippen molar-refractivity contribution in [3.8, 4) is 0 Å². The monoisotopic (exact) mass is 314 g/mol. The Balaban J connectivity index is 2.31. The van der Waals surface area contributed by atoms with E-state index in [2.05, 4.69) is 4.98 Å². The molecule has 108 valence electrons. The number of rotatable bonds is 3. The van der Waals surface area contributed by atoms with Crippen LogP contribution in [-0.4, -0.2) is 19.3 Å². The maximum absolute atomic E-state index is 12.2. The molecule has 0 aliphatic carbocycles. The topological polar surface area (TPSA) is 89.3 Å². The zero-order valence-electron chi connectivity index (χ0n) is 11.5. The summed E-state index contributed by atoms with van der Waals surface area (Å²) in [5, 5.41) is 0.630. The fourth-order valence-electron chi connectivity index (χ4n) is 1.84. The van der Waals surface area contributed by atoms with Crippen molar-refractivity contribution in [1.29, 1.82) is 0 Å². The van der Waals surface area contributed by atoms with Crippen molar-refractivity contribution in [1.82, 2.24) is 9.71 Å². The second kappa shape index (κ2) is 5.02. The van der Waals surface area contributed by atoms with Gasteiger partial charge in [0.25, 0.3) is 15.9 Å². The van der Waals surface area contributed by atoms with Crippen LogP contribution in [0.15, 0.2) is 14.7 Å². The van der Waals surface area contributed by atoms with Crippen LogP contribution in [-0.2, 0) is 10.0 Å². The van der Waals surface area contributed by atoms with Crippen LogP contribution in [0.3, 0.4) is 0 Å². The zero-order chi connectivity index (χ0) is 15.1. The van der Waals surface area contributed by atoms with Crippen LogP contribution < -0.4 is 4.72 Å². The van der Waals surface area contributed by atoms with Gasteiger partial charge in [0.15, 0.2) is 4.21 Å². The van der Waals surface area contributed by atoms with Gasteiger partial charge in [-0.25, -0.2) is 18.1 Å². The molecule has 0 bridgehead atoms. The van der Waals surface area contributed by atoms with E-state index in [-0.39, 0.29) is 9.77 Å². The summed E-state index contributed by atoms with van der Waals surface area (Å²) in [7, 11) is -3.91. The largest absolute Gasteiger partial charge is 0.466 e. The Kier molecular flexibility index (Phi) is 3.70. The summed E-state index contributed by atoms with van der Waals surface area (Å²) in [5.74, 6) is 0.229. The molecule has 0 fully saturated rings. The minimum Gasteiger partial charge on any atom is -0.466 e. The Morgan fingerprint density at radius 1 is 1.30 bits per heavy atom. The molecule has 0 saturated heterocycles. The molecule has 0 atom stereocenters. The highest BCUT2D eigenvalue weighted by atomic mass is 32.2. The molecule has 2 heterocycles. The Bertz CT molecular complexity index is 771. The molecule has 0 radical (unpaired) electrons. The van der Waals surface area contributed by atoms with Crippen LogP contribution in [0.1, 0.15) is 32.6 Å². The highest BCUT2D eigenvalue weighted by Gasteiger charge is 2.25. The van der Waals surface area contributed by atoms with Crippen molar-refractivity contribution >= 4 is 27.3 Å². The molecule has 0 aliphatic heterocycles. The number of carbonyl (C=O) groups is 1. The maximum Gasteiger partial charge on any atom is 0.275 e. The minimum atomic E-state index is -3.91. The van der Waals surface area contributed by atoms with Crippen LogP contribution >= 0.6 is 11.3 Å². The number of furan rings is 1. The first kappa shape index (κ1) is 14.7. The predicted octanol–water partition coefficient (Wildman–Crippen LogP) is 2.09. The SMILES string of the molecule is Cc1cc(C(=O)NS(=O)(=O)c2sc(C)nc2C)c(C)o1. The number of aryl methyl sites for hydroxylation is 4. The van der Waals surface area contributed by atoms with Gasteiger partial charge in [0.05, 0.1) is 16.3 Å².